The molecule has 0 unspecified atom stereocenters. The minimum Gasteiger partial charge on any atom is -0.481 e. The molecule has 2 aromatic heterocycles. The van der Waals surface area contributed by atoms with Crippen molar-refractivity contribution in [1.29, 1.82) is 0 Å². The van der Waals surface area contributed by atoms with Crippen LogP contribution in [0.3, 0.4) is 0 Å². The van der Waals surface area contributed by atoms with Gasteiger partial charge in [-0.15, -0.1) is 0 Å². The van der Waals surface area contributed by atoms with E-state index >= 15 is 0 Å². The zero-order valence-corrected chi connectivity index (χ0v) is 12.3. The minimum atomic E-state index is 0.597. The first kappa shape index (κ1) is 13.8. The van der Waals surface area contributed by atoms with Gasteiger partial charge < -0.3 is 14.2 Å². The first-order valence-electron chi connectivity index (χ1n) is 7.00. The molecular weight excluding hydrogens is 270 g/mol. The van der Waals surface area contributed by atoms with E-state index < -0.39 is 0 Å². The summed E-state index contributed by atoms with van der Waals surface area (Å²) in [7, 11) is 1.61. The summed E-state index contributed by atoms with van der Waals surface area (Å²) in [6, 6.07) is 3.86. The highest BCUT2D eigenvalue weighted by molar-refractivity contribution is 5.41. The Morgan fingerprint density at radius 3 is 2.67 bits per heavy atom. The number of hydrogen-bond acceptors (Lipinski definition) is 7. The summed E-state index contributed by atoms with van der Waals surface area (Å²) in [6.07, 6.45) is 1.54. The van der Waals surface area contributed by atoms with Crippen molar-refractivity contribution >= 4 is 5.82 Å². The molecule has 21 heavy (non-hydrogen) atoms. The Balaban J connectivity index is 1.57. The van der Waals surface area contributed by atoms with Crippen LogP contribution in [0.2, 0.25) is 0 Å². The largest absolute Gasteiger partial charge is 0.481 e. The van der Waals surface area contributed by atoms with E-state index in [-0.39, 0.29) is 0 Å². The SMILES string of the molecule is COc1cc(N2CCN(Cc3cc(C)no3)CC2)ncn1. The summed E-state index contributed by atoms with van der Waals surface area (Å²) in [4.78, 5) is 12.9. The summed E-state index contributed by atoms with van der Waals surface area (Å²) >= 11 is 0. The first-order chi connectivity index (χ1) is 10.2. The van der Waals surface area contributed by atoms with Crippen LogP contribution in [0.15, 0.2) is 23.0 Å². The van der Waals surface area contributed by atoms with Gasteiger partial charge in [0.1, 0.15) is 12.1 Å². The molecule has 1 saturated heterocycles. The van der Waals surface area contributed by atoms with Crippen LogP contribution in [0, 0.1) is 6.92 Å². The van der Waals surface area contributed by atoms with Crippen LogP contribution in [-0.4, -0.2) is 53.3 Å². The lowest BCUT2D eigenvalue weighted by Crippen LogP contribution is -2.46. The van der Waals surface area contributed by atoms with Crippen LogP contribution in [-0.2, 0) is 6.54 Å². The predicted octanol–water partition coefficient (Wildman–Crippen LogP) is 1.10. The fourth-order valence-corrected chi connectivity index (χ4v) is 2.46. The zero-order chi connectivity index (χ0) is 14.7. The van der Waals surface area contributed by atoms with Gasteiger partial charge in [-0.05, 0) is 6.92 Å². The molecule has 1 fully saturated rings. The zero-order valence-electron chi connectivity index (χ0n) is 12.3. The number of rotatable bonds is 4. The summed E-state index contributed by atoms with van der Waals surface area (Å²) < 4.78 is 10.4. The maximum Gasteiger partial charge on any atom is 0.218 e. The van der Waals surface area contributed by atoms with E-state index in [1.165, 1.54) is 6.33 Å². The van der Waals surface area contributed by atoms with E-state index in [0.717, 1.165) is 50.0 Å². The lowest BCUT2D eigenvalue weighted by molar-refractivity contribution is 0.219. The number of aromatic nitrogens is 3. The quantitative estimate of drug-likeness (QED) is 0.835. The Bertz CT molecular complexity index is 593. The van der Waals surface area contributed by atoms with Gasteiger partial charge in [0.2, 0.25) is 5.88 Å². The van der Waals surface area contributed by atoms with Gasteiger partial charge in [0.05, 0.1) is 19.3 Å². The Kier molecular flexibility index (Phi) is 4.01. The number of methoxy groups -OCH3 is 1. The predicted molar refractivity (Wildman–Crippen MR) is 77.3 cm³/mol. The van der Waals surface area contributed by atoms with Crippen molar-refractivity contribution in [3.05, 3.63) is 29.9 Å². The topological polar surface area (TPSA) is 67.5 Å². The minimum absolute atomic E-state index is 0.597. The molecule has 7 nitrogen and oxygen atoms in total. The second-order valence-corrected chi connectivity index (χ2v) is 5.12. The molecule has 0 spiro atoms. The molecule has 7 heteroatoms. The lowest BCUT2D eigenvalue weighted by Gasteiger charge is -2.34. The Morgan fingerprint density at radius 1 is 1.19 bits per heavy atom. The number of ether oxygens (including phenoxy) is 1. The molecule has 1 aliphatic heterocycles. The maximum absolute atomic E-state index is 5.27. The Hall–Kier alpha value is -2.15. The average molecular weight is 289 g/mol. The fourth-order valence-electron chi connectivity index (χ4n) is 2.46. The molecule has 3 heterocycles. The highest BCUT2D eigenvalue weighted by atomic mass is 16.5. The number of hydrogen-bond donors (Lipinski definition) is 0. The highest BCUT2D eigenvalue weighted by Crippen LogP contribution is 2.18. The fraction of sp³-hybridized carbons (Fsp3) is 0.500. The third kappa shape index (κ3) is 3.30. The molecule has 0 amide bonds. The van der Waals surface area contributed by atoms with Crippen molar-refractivity contribution < 1.29 is 9.26 Å². The standard InChI is InChI=1S/C14H19N5O2/c1-11-7-12(21-17-11)9-18-3-5-19(6-4-18)13-8-14(20-2)16-10-15-13/h7-8,10H,3-6,9H2,1-2H3. The van der Waals surface area contributed by atoms with Gasteiger partial charge >= 0.3 is 0 Å². The summed E-state index contributed by atoms with van der Waals surface area (Å²) in [6.45, 7) is 6.52. The molecular formula is C14H19N5O2. The van der Waals surface area contributed by atoms with Gasteiger partial charge in [0.25, 0.3) is 0 Å². The molecule has 0 aromatic carbocycles. The van der Waals surface area contributed by atoms with Crippen LogP contribution in [0.25, 0.3) is 0 Å². The monoisotopic (exact) mass is 289 g/mol. The molecule has 2 aromatic rings. The van der Waals surface area contributed by atoms with Gasteiger partial charge in [-0.25, -0.2) is 9.97 Å². The Morgan fingerprint density at radius 2 is 2.00 bits per heavy atom. The molecule has 0 atom stereocenters. The van der Waals surface area contributed by atoms with Gasteiger partial charge in [-0.1, -0.05) is 5.16 Å². The van der Waals surface area contributed by atoms with Crippen molar-refractivity contribution in [2.75, 3.05) is 38.2 Å². The van der Waals surface area contributed by atoms with Gasteiger partial charge in [-0.2, -0.15) is 0 Å². The van der Waals surface area contributed by atoms with Gasteiger partial charge in [0.15, 0.2) is 5.76 Å². The maximum atomic E-state index is 5.27. The third-order valence-electron chi connectivity index (χ3n) is 3.59. The van der Waals surface area contributed by atoms with E-state index in [9.17, 15) is 0 Å². The normalized spacial score (nSPS) is 16.2. The van der Waals surface area contributed by atoms with Crippen LogP contribution >= 0.6 is 0 Å². The van der Waals surface area contributed by atoms with E-state index in [4.69, 9.17) is 9.26 Å². The van der Waals surface area contributed by atoms with Crippen molar-refractivity contribution in [2.45, 2.75) is 13.5 Å². The van der Waals surface area contributed by atoms with Crippen molar-refractivity contribution in [2.24, 2.45) is 0 Å². The number of aryl methyl sites for hydroxylation is 1. The highest BCUT2D eigenvalue weighted by Gasteiger charge is 2.19. The molecule has 3 rings (SSSR count). The molecule has 1 aliphatic rings. The number of nitrogens with zero attached hydrogens (tertiary/aromatic N) is 5. The van der Waals surface area contributed by atoms with Crippen molar-refractivity contribution in [3.8, 4) is 5.88 Å². The summed E-state index contributed by atoms with van der Waals surface area (Å²) in [5.74, 6) is 2.43. The van der Waals surface area contributed by atoms with Crippen LogP contribution in [0.1, 0.15) is 11.5 Å². The third-order valence-corrected chi connectivity index (χ3v) is 3.59. The second-order valence-electron chi connectivity index (χ2n) is 5.12. The number of anilines is 1. The molecule has 0 N–H and O–H groups in total. The smallest absolute Gasteiger partial charge is 0.218 e. The molecule has 0 saturated carbocycles. The van der Waals surface area contributed by atoms with Crippen molar-refractivity contribution in [3.63, 3.8) is 0 Å². The van der Waals surface area contributed by atoms with E-state index in [0.29, 0.717) is 5.88 Å². The van der Waals surface area contributed by atoms with E-state index in [1.54, 1.807) is 7.11 Å². The van der Waals surface area contributed by atoms with Gasteiger partial charge in [0, 0.05) is 38.3 Å². The Labute approximate surface area is 123 Å². The van der Waals surface area contributed by atoms with E-state index in [1.807, 2.05) is 19.1 Å². The van der Waals surface area contributed by atoms with Crippen LogP contribution in [0.5, 0.6) is 5.88 Å². The second kappa shape index (κ2) is 6.09. The van der Waals surface area contributed by atoms with Crippen LogP contribution < -0.4 is 9.64 Å². The van der Waals surface area contributed by atoms with Crippen molar-refractivity contribution in [1.82, 2.24) is 20.0 Å². The number of piperazine rings is 1. The summed E-state index contributed by atoms with van der Waals surface area (Å²) in [5, 5.41) is 3.92. The van der Waals surface area contributed by atoms with Gasteiger partial charge in [-0.3, -0.25) is 4.90 Å². The van der Waals surface area contributed by atoms with Crippen LogP contribution in [0.4, 0.5) is 5.82 Å². The lowest BCUT2D eigenvalue weighted by atomic mass is 10.3. The van der Waals surface area contributed by atoms with E-state index in [2.05, 4.69) is 24.9 Å². The summed E-state index contributed by atoms with van der Waals surface area (Å²) in [5.41, 5.74) is 0.928. The molecule has 112 valence electrons. The molecule has 0 aliphatic carbocycles. The molecule has 0 bridgehead atoms. The first-order valence-corrected chi connectivity index (χ1v) is 7.00. The molecule has 0 radical (unpaired) electrons. The average Bonchev–Trinajstić information content (AvgIpc) is 2.93.